The van der Waals surface area contributed by atoms with Crippen LogP contribution in [0, 0.1) is 6.92 Å². The Hall–Kier alpha value is -2.49. The summed E-state index contributed by atoms with van der Waals surface area (Å²) in [7, 11) is 0. The number of benzene rings is 1. The van der Waals surface area contributed by atoms with E-state index in [0.29, 0.717) is 11.3 Å². The highest BCUT2D eigenvalue weighted by Crippen LogP contribution is 2.31. The Morgan fingerprint density at radius 3 is 2.50 bits per heavy atom. The number of fused-ring (bicyclic) bond motifs is 1. The fourth-order valence-corrected chi connectivity index (χ4v) is 2.14. The highest BCUT2D eigenvalue weighted by atomic mass is 16.2. The van der Waals surface area contributed by atoms with E-state index in [4.69, 9.17) is 0 Å². The van der Waals surface area contributed by atoms with Gasteiger partial charge in [0.15, 0.2) is 0 Å². The number of carbonyl (C=O) groups excluding carboxylic acids is 2. The van der Waals surface area contributed by atoms with E-state index in [0.717, 1.165) is 16.7 Å². The van der Waals surface area contributed by atoms with Gasteiger partial charge in [0.2, 0.25) is 0 Å². The predicted molar refractivity (Wildman–Crippen MR) is 67.4 cm³/mol. The number of pyridine rings is 1. The van der Waals surface area contributed by atoms with Crippen LogP contribution in [-0.4, -0.2) is 16.7 Å². The van der Waals surface area contributed by atoms with Crippen molar-refractivity contribution in [2.45, 2.75) is 6.92 Å². The Morgan fingerprint density at radius 1 is 1.06 bits per heavy atom. The maximum absolute atomic E-state index is 11.7. The molecule has 0 saturated carbocycles. The van der Waals surface area contributed by atoms with Gasteiger partial charge in [-0.15, -0.1) is 0 Å². The molecule has 0 radical (unpaired) electrons. The summed E-state index contributed by atoms with van der Waals surface area (Å²) in [5.41, 5.74) is 3.98. The molecule has 1 aliphatic heterocycles. The summed E-state index contributed by atoms with van der Waals surface area (Å²) in [5, 5.41) is 2.57. The quantitative estimate of drug-likeness (QED) is 0.775. The maximum atomic E-state index is 11.7. The molecule has 1 aromatic carbocycles. The Kier molecular flexibility index (Phi) is 2.23. The van der Waals surface area contributed by atoms with Crippen LogP contribution in [0.4, 0.5) is 5.69 Å². The van der Waals surface area contributed by atoms with Crippen LogP contribution in [0.3, 0.4) is 0 Å². The van der Waals surface area contributed by atoms with E-state index in [1.54, 1.807) is 18.5 Å². The van der Waals surface area contributed by atoms with Crippen LogP contribution < -0.4 is 5.32 Å². The Balaban J connectivity index is 2.20. The lowest BCUT2D eigenvalue weighted by molar-refractivity contribution is -0.112. The molecular formula is C14H10N2O2. The van der Waals surface area contributed by atoms with E-state index in [2.05, 4.69) is 10.3 Å². The number of nitrogens with one attached hydrogen (secondary N) is 1. The molecule has 2 aromatic rings. The van der Waals surface area contributed by atoms with E-state index >= 15 is 0 Å². The molecule has 88 valence electrons. The van der Waals surface area contributed by atoms with Crippen molar-refractivity contribution < 1.29 is 9.59 Å². The average molecular weight is 238 g/mol. The van der Waals surface area contributed by atoms with Crippen LogP contribution in [0.15, 0.2) is 36.7 Å². The van der Waals surface area contributed by atoms with Gasteiger partial charge < -0.3 is 5.32 Å². The number of aromatic nitrogens is 1. The highest BCUT2D eigenvalue weighted by Gasteiger charge is 2.28. The molecule has 1 amide bonds. The minimum atomic E-state index is -0.559. The van der Waals surface area contributed by atoms with Crippen LogP contribution in [0.25, 0.3) is 11.1 Å². The second kappa shape index (κ2) is 3.77. The molecule has 0 aliphatic carbocycles. The molecule has 0 atom stereocenters. The first-order valence-electron chi connectivity index (χ1n) is 5.57. The summed E-state index contributed by atoms with van der Waals surface area (Å²) in [6, 6.07) is 7.35. The van der Waals surface area contributed by atoms with Gasteiger partial charge in [-0.1, -0.05) is 0 Å². The van der Waals surface area contributed by atoms with Gasteiger partial charge in [-0.2, -0.15) is 0 Å². The van der Waals surface area contributed by atoms with Gasteiger partial charge in [-0.25, -0.2) is 0 Å². The number of Topliss-reactive ketones (excluding diaryl/α,β-unsaturated/α-hetero) is 1. The molecule has 2 heterocycles. The number of aryl methyl sites for hydroxylation is 1. The van der Waals surface area contributed by atoms with E-state index in [9.17, 15) is 9.59 Å². The van der Waals surface area contributed by atoms with Crippen molar-refractivity contribution >= 4 is 17.4 Å². The molecule has 0 saturated heterocycles. The number of hydrogen-bond acceptors (Lipinski definition) is 3. The molecule has 1 aromatic heterocycles. The normalized spacial score (nSPS) is 13.4. The maximum Gasteiger partial charge on any atom is 0.296 e. The second-order valence-corrected chi connectivity index (χ2v) is 4.23. The van der Waals surface area contributed by atoms with Crippen LogP contribution in [-0.2, 0) is 4.79 Å². The first-order valence-corrected chi connectivity index (χ1v) is 5.57. The van der Waals surface area contributed by atoms with Gasteiger partial charge in [-0.3, -0.25) is 14.6 Å². The van der Waals surface area contributed by atoms with Gasteiger partial charge >= 0.3 is 0 Å². The van der Waals surface area contributed by atoms with Gasteiger partial charge in [0, 0.05) is 12.4 Å². The van der Waals surface area contributed by atoms with Crippen molar-refractivity contribution in [3.05, 3.63) is 47.8 Å². The van der Waals surface area contributed by atoms with Gasteiger partial charge in [0.05, 0.1) is 11.3 Å². The van der Waals surface area contributed by atoms with Crippen molar-refractivity contribution in [1.29, 1.82) is 0 Å². The van der Waals surface area contributed by atoms with Crippen molar-refractivity contribution in [2.24, 2.45) is 0 Å². The van der Waals surface area contributed by atoms with Crippen molar-refractivity contribution in [1.82, 2.24) is 4.98 Å². The molecule has 0 bridgehead atoms. The van der Waals surface area contributed by atoms with E-state index in [-0.39, 0.29) is 0 Å². The minimum Gasteiger partial charge on any atom is -0.318 e. The minimum absolute atomic E-state index is 0.442. The van der Waals surface area contributed by atoms with Crippen LogP contribution in [0.2, 0.25) is 0 Å². The van der Waals surface area contributed by atoms with E-state index < -0.39 is 11.7 Å². The summed E-state index contributed by atoms with van der Waals surface area (Å²) >= 11 is 0. The molecule has 1 N–H and O–H groups in total. The van der Waals surface area contributed by atoms with Gasteiger partial charge in [0.1, 0.15) is 0 Å². The molecular weight excluding hydrogens is 228 g/mol. The van der Waals surface area contributed by atoms with E-state index in [1.807, 2.05) is 25.1 Å². The molecule has 18 heavy (non-hydrogen) atoms. The summed E-state index contributed by atoms with van der Waals surface area (Å²) < 4.78 is 0. The number of nitrogens with zero attached hydrogens (tertiary/aromatic N) is 1. The number of rotatable bonds is 1. The van der Waals surface area contributed by atoms with Crippen LogP contribution in [0.5, 0.6) is 0 Å². The average Bonchev–Trinajstić information content (AvgIpc) is 2.65. The molecule has 0 spiro atoms. The van der Waals surface area contributed by atoms with Crippen molar-refractivity contribution in [3.63, 3.8) is 0 Å². The first kappa shape index (κ1) is 10.7. The number of carbonyl (C=O) groups is 2. The number of hydrogen-bond donors (Lipinski definition) is 1. The molecule has 1 aliphatic rings. The third-order valence-corrected chi connectivity index (χ3v) is 3.05. The lowest BCUT2D eigenvalue weighted by atomic mass is 9.97. The first-order chi connectivity index (χ1) is 8.66. The third-order valence-electron chi connectivity index (χ3n) is 3.05. The van der Waals surface area contributed by atoms with Crippen LogP contribution in [0.1, 0.15) is 15.9 Å². The number of amides is 1. The van der Waals surface area contributed by atoms with Crippen molar-refractivity contribution in [3.8, 4) is 11.1 Å². The zero-order valence-electron chi connectivity index (χ0n) is 9.73. The summed E-state index contributed by atoms with van der Waals surface area (Å²) in [6.45, 7) is 1.95. The summed E-state index contributed by atoms with van der Waals surface area (Å²) in [6.07, 6.45) is 3.40. The van der Waals surface area contributed by atoms with Crippen molar-refractivity contribution in [2.75, 3.05) is 5.32 Å². The Morgan fingerprint density at radius 2 is 1.78 bits per heavy atom. The fourth-order valence-electron chi connectivity index (χ4n) is 2.14. The monoisotopic (exact) mass is 238 g/mol. The lowest BCUT2D eigenvalue weighted by Crippen LogP contribution is -2.12. The lowest BCUT2D eigenvalue weighted by Gasteiger charge is -2.08. The fraction of sp³-hybridized carbons (Fsp3) is 0.0714. The number of anilines is 1. The van der Waals surface area contributed by atoms with Gasteiger partial charge in [0.25, 0.3) is 11.7 Å². The Bertz CT molecular complexity index is 663. The summed E-state index contributed by atoms with van der Waals surface area (Å²) in [4.78, 5) is 27.0. The third kappa shape index (κ3) is 1.50. The van der Waals surface area contributed by atoms with E-state index in [1.165, 1.54) is 0 Å². The molecule has 4 heteroatoms. The van der Waals surface area contributed by atoms with Crippen LogP contribution >= 0.6 is 0 Å². The molecule has 0 fully saturated rings. The largest absolute Gasteiger partial charge is 0.318 e. The van der Waals surface area contributed by atoms with Gasteiger partial charge in [-0.05, 0) is 47.9 Å². The zero-order chi connectivity index (χ0) is 12.7. The smallest absolute Gasteiger partial charge is 0.296 e. The highest BCUT2D eigenvalue weighted by molar-refractivity contribution is 6.51. The topological polar surface area (TPSA) is 59.1 Å². The second-order valence-electron chi connectivity index (χ2n) is 4.23. The molecule has 3 rings (SSSR count). The number of ketones is 1. The molecule has 4 nitrogen and oxygen atoms in total. The SMILES string of the molecule is Cc1cc2c(cc1-c1ccncc1)C(=O)C(=O)N2. The zero-order valence-corrected chi connectivity index (χ0v) is 9.73. The standard InChI is InChI=1S/C14H10N2O2/c1-8-6-12-11(13(17)14(18)16-12)7-10(8)9-2-4-15-5-3-9/h2-7H,1H3,(H,16,17,18). The molecule has 0 unspecified atom stereocenters. The summed E-state index contributed by atoms with van der Waals surface area (Å²) in [5.74, 6) is -1.03. The predicted octanol–water partition coefficient (Wildman–Crippen LogP) is 2.19. The Labute approximate surface area is 104 Å².